The lowest BCUT2D eigenvalue weighted by Gasteiger charge is -2.08. The summed E-state index contributed by atoms with van der Waals surface area (Å²) >= 11 is 13.7. The molecule has 2 aromatic rings. The minimum absolute atomic E-state index is 0.198. The number of rotatable bonds is 5. The highest BCUT2D eigenvalue weighted by atomic mass is 35.5. The molecule has 0 amide bonds. The van der Waals surface area contributed by atoms with Crippen molar-refractivity contribution in [2.75, 3.05) is 6.54 Å². The third kappa shape index (κ3) is 3.45. The molecule has 0 spiro atoms. The monoisotopic (exact) mass is 315 g/mol. The first-order valence-electron chi connectivity index (χ1n) is 6.14. The van der Waals surface area contributed by atoms with E-state index in [1.54, 1.807) is 6.07 Å². The van der Waals surface area contributed by atoms with E-state index in [1.165, 1.54) is 11.3 Å². The Balaban J connectivity index is 2.23. The van der Waals surface area contributed by atoms with E-state index in [2.05, 4.69) is 29.4 Å². The Morgan fingerprint density at radius 2 is 2.11 bits per heavy atom. The summed E-state index contributed by atoms with van der Waals surface area (Å²) in [4.78, 5) is 0. The first-order chi connectivity index (χ1) is 9.13. The van der Waals surface area contributed by atoms with Crippen LogP contribution in [0.25, 0.3) is 10.6 Å². The number of hydrogen-bond donors (Lipinski definition) is 1. The van der Waals surface area contributed by atoms with Crippen LogP contribution in [-0.4, -0.2) is 16.7 Å². The van der Waals surface area contributed by atoms with Gasteiger partial charge in [-0.05, 0) is 26.0 Å². The molecule has 1 aromatic carbocycles. The van der Waals surface area contributed by atoms with Gasteiger partial charge in [0, 0.05) is 5.56 Å². The molecule has 1 heterocycles. The summed E-state index contributed by atoms with van der Waals surface area (Å²) < 4.78 is 0. The molecule has 3 nitrogen and oxygen atoms in total. The maximum absolute atomic E-state index is 6.19. The minimum atomic E-state index is 0.198. The highest BCUT2D eigenvalue weighted by Gasteiger charge is 2.15. The van der Waals surface area contributed by atoms with Crippen LogP contribution < -0.4 is 5.32 Å². The van der Waals surface area contributed by atoms with Gasteiger partial charge in [-0.3, -0.25) is 0 Å². The van der Waals surface area contributed by atoms with Crippen molar-refractivity contribution in [3.8, 4) is 10.6 Å². The molecule has 0 bridgehead atoms. The quantitative estimate of drug-likeness (QED) is 0.878. The summed E-state index contributed by atoms with van der Waals surface area (Å²) in [6, 6.07) is 5.73. The zero-order valence-electron chi connectivity index (χ0n) is 10.8. The zero-order valence-corrected chi connectivity index (χ0v) is 13.1. The lowest BCUT2D eigenvalue weighted by molar-refractivity contribution is 0.564. The fourth-order valence-electron chi connectivity index (χ4n) is 1.64. The van der Waals surface area contributed by atoms with Crippen LogP contribution in [0.4, 0.5) is 0 Å². The molecule has 0 saturated heterocycles. The van der Waals surface area contributed by atoms with Crippen molar-refractivity contribution in [3.05, 3.63) is 33.3 Å². The van der Waals surface area contributed by atoms with Crippen LogP contribution in [-0.2, 0) is 0 Å². The highest BCUT2D eigenvalue weighted by molar-refractivity contribution is 7.14. The second kappa shape index (κ2) is 6.66. The number of halogens is 2. The molecule has 102 valence electrons. The normalized spacial score (nSPS) is 12.6. The fraction of sp³-hybridized carbons (Fsp3) is 0.385. The first-order valence-corrected chi connectivity index (χ1v) is 7.72. The van der Waals surface area contributed by atoms with E-state index in [0.717, 1.165) is 28.5 Å². The molecule has 2 rings (SSSR count). The molecule has 19 heavy (non-hydrogen) atoms. The van der Waals surface area contributed by atoms with Crippen LogP contribution in [0, 0.1) is 0 Å². The third-order valence-electron chi connectivity index (χ3n) is 2.69. The molecule has 0 radical (unpaired) electrons. The number of benzene rings is 1. The van der Waals surface area contributed by atoms with E-state index < -0.39 is 0 Å². The van der Waals surface area contributed by atoms with Crippen LogP contribution >= 0.6 is 34.5 Å². The van der Waals surface area contributed by atoms with E-state index >= 15 is 0 Å². The van der Waals surface area contributed by atoms with Crippen molar-refractivity contribution in [2.45, 2.75) is 26.3 Å². The van der Waals surface area contributed by atoms with Gasteiger partial charge in [-0.25, -0.2) is 0 Å². The molecule has 0 fully saturated rings. The molecular formula is C13H15Cl2N3S. The SMILES string of the molecule is CCCNC(C)c1nnc(-c2cccc(Cl)c2Cl)s1. The molecule has 0 aliphatic rings. The maximum atomic E-state index is 6.19. The summed E-state index contributed by atoms with van der Waals surface area (Å²) in [6.45, 7) is 5.19. The van der Waals surface area contributed by atoms with Crippen LogP contribution in [0.3, 0.4) is 0 Å². The second-order valence-corrected chi connectivity index (χ2v) is 6.02. The maximum Gasteiger partial charge on any atom is 0.149 e. The molecule has 1 atom stereocenters. The molecule has 0 aliphatic carbocycles. The molecule has 6 heteroatoms. The minimum Gasteiger partial charge on any atom is -0.308 e. The smallest absolute Gasteiger partial charge is 0.149 e. The van der Waals surface area contributed by atoms with Gasteiger partial charge >= 0.3 is 0 Å². The van der Waals surface area contributed by atoms with Gasteiger partial charge in [0.1, 0.15) is 10.0 Å². The Bertz CT molecular complexity index is 557. The largest absolute Gasteiger partial charge is 0.308 e. The second-order valence-electron chi connectivity index (χ2n) is 4.22. The van der Waals surface area contributed by atoms with Gasteiger partial charge in [0.2, 0.25) is 0 Å². The fourth-order valence-corrected chi connectivity index (χ4v) is 2.98. The summed E-state index contributed by atoms with van der Waals surface area (Å²) in [7, 11) is 0. The van der Waals surface area contributed by atoms with Crippen LogP contribution in [0.5, 0.6) is 0 Å². The van der Waals surface area contributed by atoms with Gasteiger partial charge < -0.3 is 5.32 Å². The third-order valence-corrected chi connectivity index (χ3v) is 4.65. The molecule has 0 aliphatic heterocycles. The van der Waals surface area contributed by atoms with Gasteiger partial charge in [0.15, 0.2) is 0 Å². The Kier molecular flexibility index (Phi) is 5.16. The number of aromatic nitrogens is 2. The Hall–Kier alpha value is -0.680. The van der Waals surface area contributed by atoms with E-state index in [-0.39, 0.29) is 6.04 Å². The number of nitrogens with zero attached hydrogens (tertiary/aromatic N) is 2. The van der Waals surface area contributed by atoms with Gasteiger partial charge in [-0.1, -0.05) is 53.6 Å². The van der Waals surface area contributed by atoms with E-state index in [9.17, 15) is 0 Å². The number of hydrogen-bond acceptors (Lipinski definition) is 4. The van der Waals surface area contributed by atoms with Crippen molar-refractivity contribution in [2.24, 2.45) is 0 Å². The lowest BCUT2D eigenvalue weighted by atomic mass is 10.2. The van der Waals surface area contributed by atoms with Gasteiger partial charge in [0.05, 0.1) is 16.1 Å². The summed E-state index contributed by atoms with van der Waals surface area (Å²) in [5.41, 5.74) is 0.834. The van der Waals surface area contributed by atoms with Crippen molar-refractivity contribution < 1.29 is 0 Å². The summed E-state index contributed by atoms with van der Waals surface area (Å²) in [6.07, 6.45) is 1.09. The van der Waals surface area contributed by atoms with Gasteiger partial charge in [0.25, 0.3) is 0 Å². The standard InChI is InChI=1S/C13H15Cl2N3S/c1-3-7-16-8(2)12-17-18-13(19-12)9-5-4-6-10(14)11(9)15/h4-6,8,16H,3,7H2,1-2H3. The topological polar surface area (TPSA) is 37.8 Å². The lowest BCUT2D eigenvalue weighted by Crippen LogP contribution is -2.18. The van der Waals surface area contributed by atoms with Crippen molar-refractivity contribution in [3.63, 3.8) is 0 Å². The van der Waals surface area contributed by atoms with Crippen molar-refractivity contribution in [1.82, 2.24) is 15.5 Å². The molecule has 1 unspecified atom stereocenters. The predicted molar refractivity (Wildman–Crippen MR) is 82.1 cm³/mol. The van der Waals surface area contributed by atoms with Crippen molar-refractivity contribution in [1.29, 1.82) is 0 Å². The summed E-state index contributed by atoms with van der Waals surface area (Å²) in [5.74, 6) is 0. The number of nitrogens with one attached hydrogen (secondary N) is 1. The van der Waals surface area contributed by atoms with Crippen LogP contribution in [0.2, 0.25) is 10.0 Å². The molecule has 1 N–H and O–H groups in total. The molecular weight excluding hydrogens is 301 g/mol. The average Bonchev–Trinajstić information content (AvgIpc) is 2.88. The first kappa shape index (κ1) is 14.7. The van der Waals surface area contributed by atoms with Crippen molar-refractivity contribution >= 4 is 34.5 Å². The van der Waals surface area contributed by atoms with E-state index in [4.69, 9.17) is 23.2 Å². The molecule has 0 saturated carbocycles. The average molecular weight is 316 g/mol. The molecule has 1 aromatic heterocycles. The Morgan fingerprint density at radius 3 is 2.84 bits per heavy atom. The van der Waals surface area contributed by atoms with E-state index in [1.807, 2.05) is 12.1 Å². The highest BCUT2D eigenvalue weighted by Crippen LogP contribution is 2.35. The van der Waals surface area contributed by atoms with Gasteiger partial charge in [-0.15, -0.1) is 10.2 Å². The zero-order chi connectivity index (χ0) is 13.8. The Labute approximate surface area is 127 Å². The van der Waals surface area contributed by atoms with Crippen LogP contribution in [0.15, 0.2) is 18.2 Å². The van der Waals surface area contributed by atoms with Crippen LogP contribution in [0.1, 0.15) is 31.3 Å². The van der Waals surface area contributed by atoms with E-state index in [0.29, 0.717) is 10.0 Å². The summed E-state index contributed by atoms with van der Waals surface area (Å²) in [5, 5.41) is 14.6. The van der Waals surface area contributed by atoms with Gasteiger partial charge in [-0.2, -0.15) is 0 Å². The predicted octanol–water partition coefficient (Wildman–Crippen LogP) is 4.57. The Morgan fingerprint density at radius 1 is 1.32 bits per heavy atom.